The van der Waals surface area contributed by atoms with E-state index in [0.29, 0.717) is 30.0 Å². The van der Waals surface area contributed by atoms with E-state index >= 15 is 0 Å². The molecular weight excluding hydrogens is 417 g/mol. The highest BCUT2D eigenvalue weighted by molar-refractivity contribution is 7.09. The first-order chi connectivity index (χ1) is 15.2. The fourth-order valence-corrected chi connectivity index (χ4v) is 4.53. The molecule has 1 atom stereocenters. The van der Waals surface area contributed by atoms with E-state index in [1.165, 1.54) is 23.9 Å². The van der Waals surface area contributed by atoms with Crippen LogP contribution < -0.4 is 4.90 Å². The maximum Gasteiger partial charge on any atom is 0.222 e. The molecule has 1 saturated heterocycles. The van der Waals surface area contributed by atoms with Gasteiger partial charge >= 0.3 is 0 Å². The van der Waals surface area contributed by atoms with E-state index in [1.807, 2.05) is 23.6 Å². The SMILES string of the molecule is COC(c1cnc(F)c(-c2ncnc3cc(N4CCOCC4)ccc23)c1)c1nccs1. The van der Waals surface area contributed by atoms with Crippen LogP contribution in [0.3, 0.4) is 0 Å². The van der Waals surface area contributed by atoms with Gasteiger partial charge in [0.1, 0.15) is 17.4 Å². The predicted octanol–water partition coefficient (Wildman–Crippen LogP) is 3.86. The van der Waals surface area contributed by atoms with Crippen LogP contribution in [0, 0.1) is 5.95 Å². The number of hydrogen-bond donors (Lipinski definition) is 0. The van der Waals surface area contributed by atoms with E-state index in [9.17, 15) is 4.39 Å². The van der Waals surface area contributed by atoms with Crippen molar-refractivity contribution < 1.29 is 13.9 Å². The highest BCUT2D eigenvalue weighted by atomic mass is 32.1. The van der Waals surface area contributed by atoms with Gasteiger partial charge in [0.2, 0.25) is 5.95 Å². The average Bonchev–Trinajstić information content (AvgIpc) is 3.35. The summed E-state index contributed by atoms with van der Waals surface area (Å²) in [7, 11) is 1.60. The number of aromatic nitrogens is 4. The molecule has 0 bridgehead atoms. The van der Waals surface area contributed by atoms with Gasteiger partial charge in [0.25, 0.3) is 0 Å². The normalized spacial score (nSPS) is 15.4. The van der Waals surface area contributed by atoms with E-state index in [1.54, 1.807) is 19.4 Å². The molecule has 0 amide bonds. The summed E-state index contributed by atoms with van der Waals surface area (Å²) in [5.41, 5.74) is 3.34. The van der Waals surface area contributed by atoms with E-state index in [2.05, 4.69) is 24.8 Å². The van der Waals surface area contributed by atoms with Gasteiger partial charge in [0.05, 0.1) is 30.0 Å². The summed E-state index contributed by atoms with van der Waals surface area (Å²) in [5.74, 6) is -0.588. The molecule has 4 aromatic rings. The van der Waals surface area contributed by atoms with Crippen LogP contribution in [0.25, 0.3) is 22.2 Å². The zero-order valence-corrected chi connectivity index (χ0v) is 17.7. The third-order valence-corrected chi connectivity index (χ3v) is 6.14. The first kappa shape index (κ1) is 19.9. The maximum atomic E-state index is 14.8. The Hall–Kier alpha value is -3.01. The van der Waals surface area contributed by atoms with Gasteiger partial charge in [-0.2, -0.15) is 4.39 Å². The summed E-state index contributed by atoms with van der Waals surface area (Å²) in [6.45, 7) is 3.07. The molecule has 0 N–H and O–H groups in total. The number of benzene rings is 1. The van der Waals surface area contributed by atoms with Crippen LogP contribution in [0.15, 0.2) is 48.4 Å². The molecular formula is C22H20FN5O2S. The van der Waals surface area contributed by atoms with Crippen molar-refractivity contribution in [3.8, 4) is 11.3 Å². The van der Waals surface area contributed by atoms with Crippen LogP contribution in [0.4, 0.5) is 10.1 Å². The Labute approximate surface area is 182 Å². The first-order valence-corrected chi connectivity index (χ1v) is 10.8. The van der Waals surface area contributed by atoms with Gasteiger partial charge in [-0.25, -0.2) is 19.9 Å². The van der Waals surface area contributed by atoms with E-state index in [-0.39, 0.29) is 0 Å². The van der Waals surface area contributed by atoms with Crippen LogP contribution >= 0.6 is 11.3 Å². The zero-order chi connectivity index (χ0) is 21.2. The van der Waals surface area contributed by atoms with Crippen LogP contribution in [-0.4, -0.2) is 53.3 Å². The molecule has 1 aromatic carbocycles. The third-order valence-electron chi connectivity index (χ3n) is 5.33. The monoisotopic (exact) mass is 437 g/mol. The van der Waals surface area contributed by atoms with Crippen LogP contribution in [0.2, 0.25) is 0 Å². The molecule has 7 nitrogen and oxygen atoms in total. The number of fused-ring (bicyclic) bond motifs is 1. The van der Waals surface area contributed by atoms with Gasteiger partial charge in [-0.15, -0.1) is 11.3 Å². The Balaban J connectivity index is 1.57. The van der Waals surface area contributed by atoms with Gasteiger partial charge in [0, 0.05) is 54.6 Å². The van der Waals surface area contributed by atoms with Crippen molar-refractivity contribution in [3.05, 3.63) is 64.9 Å². The fourth-order valence-electron chi connectivity index (χ4n) is 3.80. The number of thiazole rings is 1. The number of rotatable bonds is 5. The molecule has 0 saturated carbocycles. The van der Waals surface area contributed by atoms with Gasteiger partial charge in [-0.3, -0.25) is 0 Å². The quantitative estimate of drug-likeness (QED) is 0.439. The second-order valence-electron chi connectivity index (χ2n) is 7.12. The van der Waals surface area contributed by atoms with Crippen molar-refractivity contribution in [2.24, 2.45) is 0 Å². The molecule has 0 aliphatic carbocycles. The molecule has 1 unspecified atom stereocenters. The third kappa shape index (κ3) is 3.87. The highest BCUT2D eigenvalue weighted by Gasteiger charge is 2.21. The number of nitrogens with zero attached hydrogens (tertiary/aromatic N) is 5. The van der Waals surface area contributed by atoms with Gasteiger partial charge in [-0.05, 0) is 24.3 Å². The average molecular weight is 438 g/mol. The molecule has 4 heterocycles. The van der Waals surface area contributed by atoms with Crippen LogP contribution in [0.1, 0.15) is 16.7 Å². The smallest absolute Gasteiger partial charge is 0.222 e. The number of ether oxygens (including phenoxy) is 2. The Morgan fingerprint density at radius 3 is 2.77 bits per heavy atom. The van der Waals surface area contributed by atoms with E-state index in [4.69, 9.17) is 9.47 Å². The lowest BCUT2D eigenvalue weighted by molar-refractivity contribution is 0.122. The minimum absolute atomic E-state index is 0.308. The lowest BCUT2D eigenvalue weighted by Gasteiger charge is -2.29. The Bertz CT molecular complexity index is 1200. The number of pyridine rings is 1. The molecule has 158 valence electrons. The van der Waals surface area contributed by atoms with Crippen molar-refractivity contribution in [2.45, 2.75) is 6.10 Å². The Morgan fingerprint density at radius 2 is 2.00 bits per heavy atom. The van der Waals surface area contributed by atoms with Crippen molar-refractivity contribution in [1.29, 1.82) is 0 Å². The Morgan fingerprint density at radius 1 is 1.13 bits per heavy atom. The number of halogens is 1. The Kier molecular flexibility index (Phi) is 5.54. The van der Waals surface area contributed by atoms with Crippen LogP contribution in [-0.2, 0) is 9.47 Å². The summed E-state index contributed by atoms with van der Waals surface area (Å²) in [6, 6.07) is 7.70. The number of methoxy groups -OCH3 is 1. The lowest BCUT2D eigenvalue weighted by atomic mass is 10.0. The fraction of sp³-hybridized carbons (Fsp3) is 0.273. The van der Waals surface area contributed by atoms with Crippen molar-refractivity contribution in [1.82, 2.24) is 19.9 Å². The largest absolute Gasteiger partial charge is 0.378 e. The second kappa shape index (κ2) is 8.62. The lowest BCUT2D eigenvalue weighted by Crippen LogP contribution is -2.36. The highest BCUT2D eigenvalue weighted by Crippen LogP contribution is 2.33. The second-order valence-corrected chi connectivity index (χ2v) is 8.04. The summed E-state index contributed by atoms with van der Waals surface area (Å²) in [4.78, 5) is 19.4. The van der Waals surface area contributed by atoms with Crippen molar-refractivity contribution in [3.63, 3.8) is 0 Å². The number of morpholine rings is 1. The van der Waals surface area contributed by atoms with Gasteiger partial charge < -0.3 is 14.4 Å². The minimum Gasteiger partial charge on any atom is -0.378 e. The summed E-state index contributed by atoms with van der Waals surface area (Å²) >= 11 is 1.48. The minimum atomic E-state index is -0.588. The predicted molar refractivity (Wildman–Crippen MR) is 117 cm³/mol. The molecule has 3 aromatic heterocycles. The van der Waals surface area contributed by atoms with E-state index < -0.39 is 12.1 Å². The van der Waals surface area contributed by atoms with Crippen molar-refractivity contribution >= 4 is 27.9 Å². The molecule has 31 heavy (non-hydrogen) atoms. The van der Waals surface area contributed by atoms with Crippen LogP contribution in [0.5, 0.6) is 0 Å². The molecule has 0 radical (unpaired) electrons. The molecule has 9 heteroatoms. The molecule has 0 spiro atoms. The van der Waals surface area contributed by atoms with Gasteiger partial charge in [0.15, 0.2) is 0 Å². The standard InChI is InChI=1S/C22H20FN5O2S/c1-29-20(22-24-4-9-31-22)14-10-17(21(23)25-12-14)19-16-3-2-15(11-18(16)26-13-27-19)28-5-7-30-8-6-28/h2-4,9-13,20H,5-8H2,1H3. The first-order valence-electron chi connectivity index (χ1n) is 9.90. The summed E-state index contributed by atoms with van der Waals surface area (Å²) < 4.78 is 25.9. The topological polar surface area (TPSA) is 73.3 Å². The number of hydrogen-bond acceptors (Lipinski definition) is 8. The zero-order valence-electron chi connectivity index (χ0n) is 16.9. The maximum absolute atomic E-state index is 14.8. The molecule has 1 aliphatic heterocycles. The van der Waals surface area contributed by atoms with Crippen molar-refractivity contribution in [2.75, 3.05) is 38.3 Å². The van der Waals surface area contributed by atoms with E-state index in [0.717, 1.165) is 34.7 Å². The number of anilines is 1. The molecule has 1 aliphatic rings. The summed E-state index contributed by atoms with van der Waals surface area (Å²) in [5, 5.41) is 3.42. The molecule has 5 rings (SSSR count). The summed E-state index contributed by atoms with van der Waals surface area (Å²) in [6.07, 6.45) is 4.23. The van der Waals surface area contributed by atoms with Gasteiger partial charge in [-0.1, -0.05) is 0 Å². The molecule has 1 fully saturated rings.